The van der Waals surface area contributed by atoms with Gasteiger partial charge < -0.3 is 15.5 Å². The Bertz CT molecular complexity index is 1110. The number of pyridine rings is 1. The van der Waals surface area contributed by atoms with Crippen molar-refractivity contribution in [3.05, 3.63) is 89.7 Å². The lowest BCUT2D eigenvalue weighted by molar-refractivity contribution is -0.136. The topological polar surface area (TPSA) is 77.6 Å². The van der Waals surface area contributed by atoms with Gasteiger partial charge in [0.15, 0.2) is 0 Å². The van der Waals surface area contributed by atoms with Gasteiger partial charge in [0.1, 0.15) is 0 Å². The Morgan fingerprint density at radius 1 is 0.941 bits per heavy atom. The van der Waals surface area contributed by atoms with Crippen LogP contribution in [0.25, 0.3) is 0 Å². The van der Waals surface area contributed by atoms with Crippen molar-refractivity contribution in [1.29, 1.82) is 0 Å². The van der Waals surface area contributed by atoms with Gasteiger partial charge in [0.25, 0.3) is 0 Å². The van der Waals surface area contributed by atoms with Gasteiger partial charge in [0, 0.05) is 56.5 Å². The minimum atomic E-state index is -0.660. The van der Waals surface area contributed by atoms with Gasteiger partial charge >= 0.3 is 11.8 Å². The molecule has 1 aliphatic heterocycles. The second-order valence-corrected chi connectivity index (χ2v) is 8.64. The van der Waals surface area contributed by atoms with Crippen LogP contribution in [0, 0.1) is 13.8 Å². The molecule has 7 heteroatoms. The van der Waals surface area contributed by atoms with E-state index in [0.29, 0.717) is 12.2 Å². The fraction of sp³-hybridized carbons (Fsp3) is 0.296. The summed E-state index contributed by atoms with van der Waals surface area (Å²) in [6.07, 6.45) is 3.57. The number of hydrogen-bond donors (Lipinski definition) is 2. The highest BCUT2D eigenvalue weighted by molar-refractivity contribution is 6.39. The maximum absolute atomic E-state index is 12.6. The lowest BCUT2D eigenvalue weighted by Crippen LogP contribution is -2.50. The molecular formula is C27H31N5O2. The first-order chi connectivity index (χ1) is 16.5. The maximum Gasteiger partial charge on any atom is 0.313 e. The van der Waals surface area contributed by atoms with Crippen LogP contribution in [0.3, 0.4) is 0 Å². The molecule has 0 aliphatic carbocycles. The minimum absolute atomic E-state index is 0.0657. The van der Waals surface area contributed by atoms with E-state index in [4.69, 9.17) is 0 Å². The van der Waals surface area contributed by atoms with E-state index in [1.165, 1.54) is 5.69 Å². The van der Waals surface area contributed by atoms with Crippen LogP contribution in [-0.2, 0) is 9.59 Å². The molecule has 2 heterocycles. The highest BCUT2D eigenvalue weighted by Crippen LogP contribution is 2.23. The first-order valence-electron chi connectivity index (χ1n) is 11.6. The number of para-hydroxylation sites is 1. The molecule has 7 nitrogen and oxygen atoms in total. The number of benzene rings is 2. The number of hydrogen-bond acceptors (Lipinski definition) is 5. The van der Waals surface area contributed by atoms with Gasteiger partial charge in [-0.05, 0) is 54.8 Å². The van der Waals surface area contributed by atoms with Crippen molar-refractivity contribution in [2.45, 2.75) is 19.9 Å². The molecule has 2 amide bonds. The van der Waals surface area contributed by atoms with E-state index < -0.39 is 11.8 Å². The second-order valence-electron chi connectivity index (χ2n) is 8.64. The van der Waals surface area contributed by atoms with Gasteiger partial charge in [-0.1, -0.05) is 36.4 Å². The lowest BCUT2D eigenvalue weighted by Gasteiger charge is -2.40. The zero-order valence-corrected chi connectivity index (χ0v) is 19.7. The number of nitrogens with one attached hydrogen (secondary N) is 2. The number of aryl methyl sites for hydroxylation is 2. The number of nitrogens with zero attached hydrogens (tertiary/aromatic N) is 3. The van der Waals surface area contributed by atoms with Gasteiger partial charge in [-0.3, -0.25) is 19.5 Å². The number of amides is 2. The zero-order valence-electron chi connectivity index (χ0n) is 19.7. The van der Waals surface area contributed by atoms with E-state index in [2.05, 4.69) is 49.7 Å². The van der Waals surface area contributed by atoms with E-state index in [1.807, 2.05) is 56.4 Å². The lowest BCUT2D eigenvalue weighted by atomic mass is 10.1. The average Bonchev–Trinajstić information content (AvgIpc) is 2.88. The molecule has 0 bridgehead atoms. The van der Waals surface area contributed by atoms with E-state index in [-0.39, 0.29) is 6.04 Å². The van der Waals surface area contributed by atoms with Crippen LogP contribution < -0.4 is 15.5 Å². The fourth-order valence-corrected chi connectivity index (χ4v) is 4.28. The van der Waals surface area contributed by atoms with Crippen molar-refractivity contribution < 1.29 is 9.59 Å². The van der Waals surface area contributed by atoms with E-state index in [0.717, 1.165) is 42.9 Å². The van der Waals surface area contributed by atoms with Crippen LogP contribution in [0.1, 0.15) is 22.7 Å². The van der Waals surface area contributed by atoms with Crippen molar-refractivity contribution in [1.82, 2.24) is 15.2 Å². The Hall–Kier alpha value is -3.71. The summed E-state index contributed by atoms with van der Waals surface area (Å²) in [5.74, 6) is -1.30. The third kappa shape index (κ3) is 5.80. The first-order valence-corrected chi connectivity index (χ1v) is 11.6. The summed E-state index contributed by atoms with van der Waals surface area (Å²) in [4.78, 5) is 34.2. The molecule has 1 aliphatic rings. The van der Waals surface area contributed by atoms with Crippen LogP contribution in [-0.4, -0.2) is 54.4 Å². The molecule has 1 atom stereocenters. The normalized spacial score (nSPS) is 14.9. The molecule has 2 N–H and O–H groups in total. The Balaban J connectivity index is 1.39. The Labute approximate surface area is 200 Å². The summed E-state index contributed by atoms with van der Waals surface area (Å²) < 4.78 is 0. The second kappa shape index (κ2) is 10.9. The van der Waals surface area contributed by atoms with Crippen LogP contribution in [0.4, 0.5) is 11.4 Å². The van der Waals surface area contributed by atoms with Crippen LogP contribution in [0.2, 0.25) is 0 Å². The Morgan fingerprint density at radius 2 is 1.71 bits per heavy atom. The summed E-state index contributed by atoms with van der Waals surface area (Å²) in [5.41, 5.74) is 4.83. The smallest absolute Gasteiger partial charge is 0.313 e. The van der Waals surface area contributed by atoms with Crippen molar-refractivity contribution >= 4 is 23.2 Å². The summed E-state index contributed by atoms with van der Waals surface area (Å²) in [6.45, 7) is 7.66. The zero-order chi connectivity index (χ0) is 23.9. The molecule has 2 aromatic carbocycles. The molecule has 176 valence electrons. The van der Waals surface area contributed by atoms with Crippen molar-refractivity contribution in [3.8, 4) is 0 Å². The summed E-state index contributed by atoms with van der Waals surface area (Å²) in [5, 5.41) is 5.58. The molecule has 0 unspecified atom stereocenters. The van der Waals surface area contributed by atoms with Crippen LogP contribution in [0.15, 0.2) is 73.1 Å². The van der Waals surface area contributed by atoms with E-state index >= 15 is 0 Å². The van der Waals surface area contributed by atoms with Gasteiger partial charge in [0.2, 0.25) is 0 Å². The highest BCUT2D eigenvalue weighted by atomic mass is 16.2. The predicted octanol–water partition coefficient (Wildman–Crippen LogP) is 3.32. The molecular weight excluding hydrogens is 426 g/mol. The highest BCUT2D eigenvalue weighted by Gasteiger charge is 2.27. The molecule has 0 spiro atoms. The molecule has 0 radical (unpaired) electrons. The van der Waals surface area contributed by atoms with E-state index in [9.17, 15) is 9.59 Å². The standard InChI is InChI=1S/C27H31N5O2/c1-20-10-11-21(2)24(17-20)30-27(34)26(33)29-19-25(22-7-6-12-28-18-22)32-15-13-31(14-16-32)23-8-4-3-5-9-23/h3-12,17-18,25H,13-16,19H2,1-2H3,(H,29,33)(H,30,34)/t25-/m1/s1. The third-order valence-corrected chi connectivity index (χ3v) is 6.25. The monoisotopic (exact) mass is 457 g/mol. The van der Waals surface area contributed by atoms with Crippen LogP contribution >= 0.6 is 0 Å². The van der Waals surface area contributed by atoms with E-state index in [1.54, 1.807) is 6.20 Å². The van der Waals surface area contributed by atoms with Crippen LogP contribution in [0.5, 0.6) is 0 Å². The third-order valence-electron chi connectivity index (χ3n) is 6.25. The van der Waals surface area contributed by atoms with Crippen molar-refractivity contribution in [2.24, 2.45) is 0 Å². The van der Waals surface area contributed by atoms with Crippen molar-refractivity contribution in [3.63, 3.8) is 0 Å². The quantitative estimate of drug-likeness (QED) is 0.556. The van der Waals surface area contributed by atoms with Gasteiger partial charge in [-0.15, -0.1) is 0 Å². The number of aromatic nitrogens is 1. The Morgan fingerprint density at radius 3 is 2.41 bits per heavy atom. The van der Waals surface area contributed by atoms with Gasteiger partial charge in [-0.2, -0.15) is 0 Å². The molecule has 4 rings (SSSR count). The number of piperazine rings is 1. The molecule has 3 aromatic rings. The number of carbonyl (C=O) groups is 2. The molecule has 1 saturated heterocycles. The minimum Gasteiger partial charge on any atom is -0.369 e. The summed E-state index contributed by atoms with van der Waals surface area (Å²) in [6, 6.07) is 20.0. The average molecular weight is 458 g/mol. The van der Waals surface area contributed by atoms with Crippen molar-refractivity contribution in [2.75, 3.05) is 42.9 Å². The number of carbonyl (C=O) groups excluding carboxylic acids is 2. The molecule has 1 aromatic heterocycles. The maximum atomic E-state index is 12.6. The SMILES string of the molecule is Cc1ccc(C)c(NC(=O)C(=O)NC[C@H](c2cccnc2)N2CCN(c3ccccc3)CC2)c1. The molecule has 0 saturated carbocycles. The van der Waals surface area contributed by atoms with Gasteiger partial charge in [0.05, 0.1) is 6.04 Å². The Kier molecular flexibility index (Phi) is 7.54. The fourth-order valence-electron chi connectivity index (χ4n) is 4.28. The first kappa shape index (κ1) is 23.4. The summed E-state index contributed by atoms with van der Waals surface area (Å²) in [7, 11) is 0. The number of anilines is 2. The largest absolute Gasteiger partial charge is 0.369 e. The number of rotatable bonds is 6. The predicted molar refractivity (Wildman–Crippen MR) is 135 cm³/mol. The summed E-state index contributed by atoms with van der Waals surface area (Å²) >= 11 is 0. The molecule has 34 heavy (non-hydrogen) atoms. The van der Waals surface area contributed by atoms with Gasteiger partial charge in [-0.25, -0.2) is 0 Å². The molecule has 1 fully saturated rings.